The van der Waals surface area contributed by atoms with E-state index in [9.17, 15) is 22.4 Å². The maximum absolute atomic E-state index is 14.4. The van der Waals surface area contributed by atoms with Gasteiger partial charge in [0.05, 0.1) is 20.6 Å². The summed E-state index contributed by atoms with van der Waals surface area (Å²) in [6, 6.07) is 24.2. The minimum Gasteiger partial charge on any atom is -0.354 e. The first-order valence-corrected chi connectivity index (χ1v) is 16.6. The molecule has 1 N–H and O–H groups in total. The fourth-order valence-corrected chi connectivity index (χ4v) is 6.46. The summed E-state index contributed by atoms with van der Waals surface area (Å²) >= 11 is 12.4. The van der Waals surface area contributed by atoms with Crippen LogP contribution in [0.4, 0.5) is 10.1 Å². The maximum Gasteiger partial charge on any atom is 0.264 e. The van der Waals surface area contributed by atoms with Crippen molar-refractivity contribution in [1.29, 1.82) is 0 Å². The summed E-state index contributed by atoms with van der Waals surface area (Å²) in [6.45, 7) is 3.42. The number of aryl methyl sites for hydroxylation is 1. The van der Waals surface area contributed by atoms with Crippen LogP contribution < -0.4 is 9.62 Å². The van der Waals surface area contributed by atoms with E-state index in [-0.39, 0.29) is 34.5 Å². The van der Waals surface area contributed by atoms with Crippen molar-refractivity contribution in [2.45, 2.75) is 44.2 Å². The zero-order valence-electron chi connectivity index (χ0n) is 24.9. The molecule has 0 saturated heterocycles. The minimum atomic E-state index is -4.29. The predicted octanol–water partition coefficient (Wildman–Crippen LogP) is 6.80. The van der Waals surface area contributed by atoms with Crippen molar-refractivity contribution in [3.8, 4) is 0 Å². The molecule has 236 valence electrons. The van der Waals surface area contributed by atoms with E-state index >= 15 is 0 Å². The molecule has 0 radical (unpaired) electrons. The number of nitrogens with one attached hydrogen (secondary N) is 1. The van der Waals surface area contributed by atoms with Crippen LogP contribution in [0, 0.1) is 12.7 Å². The van der Waals surface area contributed by atoms with Gasteiger partial charge >= 0.3 is 0 Å². The van der Waals surface area contributed by atoms with Crippen LogP contribution in [0.2, 0.25) is 10.0 Å². The van der Waals surface area contributed by atoms with E-state index in [4.69, 9.17) is 23.2 Å². The topological polar surface area (TPSA) is 86.8 Å². The van der Waals surface area contributed by atoms with Crippen molar-refractivity contribution in [2.24, 2.45) is 0 Å². The normalized spacial score (nSPS) is 11.9. The largest absolute Gasteiger partial charge is 0.354 e. The van der Waals surface area contributed by atoms with Crippen molar-refractivity contribution in [3.05, 3.63) is 130 Å². The van der Waals surface area contributed by atoms with E-state index in [2.05, 4.69) is 5.32 Å². The van der Waals surface area contributed by atoms with Gasteiger partial charge in [0, 0.05) is 19.5 Å². The molecule has 0 aliphatic rings. The number of nitrogens with zero attached hydrogens (tertiary/aromatic N) is 2. The zero-order chi connectivity index (χ0) is 32.6. The van der Waals surface area contributed by atoms with E-state index < -0.39 is 34.3 Å². The van der Waals surface area contributed by atoms with Crippen LogP contribution in [-0.4, -0.2) is 44.3 Å². The van der Waals surface area contributed by atoms with Crippen LogP contribution in [0.3, 0.4) is 0 Å². The molecule has 0 heterocycles. The molecule has 0 spiro atoms. The predicted molar refractivity (Wildman–Crippen MR) is 176 cm³/mol. The number of anilines is 1. The standard InChI is InChI=1S/C34H34Cl2FN3O4S/c1-3-19-38-34(42)32(21-25-7-5-4-6-8-25)39(22-26-11-18-30(35)31(36)20-26)33(41)23-40(28-14-12-27(37)13-15-28)45(43,44)29-16-9-24(2)10-17-29/h4-18,20,32H,3,19,21-23H2,1-2H3,(H,38,42)/t32-/m0/s1. The third kappa shape index (κ3) is 8.84. The molecule has 0 unspecified atom stereocenters. The molecule has 45 heavy (non-hydrogen) atoms. The average molecular weight is 671 g/mol. The number of benzene rings is 4. The van der Waals surface area contributed by atoms with Crippen LogP contribution in [0.15, 0.2) is 102 Å². The van der Waals surface area contributed by atoms with Gasteiger partial charge in [0.2, 0.25) is 11.8 Å². The molecule has 1 atom stereocenters. The number of hydrogen-bond acceptors (Lipinski definition) is 4. The Balaban J connectivity index is 1.80. The number of hydrogen-bond donors (Lipinski definition) is 1. The molecule has 11 heteroatoms. The number of carbonyl (C=O) groups excluding carboxylic acids is 2. The van der Waals surface area contributed by atoms with Crippen molar-refractivity contribution >= 4 is 50.7 Å². The fraction of sp³-hybridized carbons (Fsp3) is 0.235. The SMILES string of the molecule is CCCNC(=O)[C@H](Cc1ccccc1)N(Cc1ccc(Cl)c(Cl)c1)C(=O)CN(c1ccc(F)cc1)S(=O)(=O)c1ccc(C)cc1. The Labute approximate surface area is 273 Å². The molecule has 0 aromatic heterocycles. The molecule has 7 nitrogen and oxygen atoms in total. The Morgan fingerprint density at radius 2 is 1.53 bits per heavy atom. The Morgan fingerprint density at radius 3 is 2.16 bits per heavy atom. The molecule has 0 saturated carbocycles. The summed E-state index contributed by atoms with van der Waals surface area (Å²) in [5.74, 6) is -1.59. The van der Waals surface area contributed by atoms with E-state index in [1.807, 2.05) is 44.2 Å². The molecule has 0 aliphatic carbocycles. The number of rotatable bonds is 13. The second-order valence-corrected chi connectivity index (χ2v) is 13.2. The Bertz CT molecular complexity index is 1720. The second kappa shape index (κ2) is 15.4. The van der Waals surface area contributed by atoms with Crippen LogP contribution in [-0.2, 0) is 32.6 Å². The zero-order valence-corrected chi connectivity index (χ0v) is 27.2. The van der Waals surface area contributed by atoms with E-state index in [1.165, 1.54) is 29.2 Å². The summed E-state index contributed by atoms with van der Waals surface area (Å²) in [5, 5.41) is 3.49. The highest BCUT2D eigenvalue weighted by Crippen LogP contribution is 2.27. The first-order chi connectivity index (χ1) is 21.5. The lowest BCUT2D eigenvalue weighted by Crippen LogP contribution is -2.53. The summed E-state index contributed by atoms with van der Waals surface area (Å²) in [7, 11) is -4.29. The first kappa shape index (κ1) is 34.0. The number of carbonyl (C=O) groups is 2. The molecule has 4 rings (SSSR count). The lowest BCUT2D eigenvalue weighted by molar-refractivity contribution is -0.140. The maximum atomic E-state index is 14.4. The van der Waals surface area contributed by atoms with Gasteiger partial charge in [0.1, 0.15) is 18.4 Å². The highest BCUT2D eigenvalue weighted by atomic mass is 35.5. The van der Waals surface area contributed by atoms with E-state index in [0.29, 0.717) is 23.6 Å². The smallest absolute Gasteiger partial charge is 0.264 e. The van der Waals surface area contributed by atoms with Gasteiger partial charge in [-0.3, -0.25) is 13.9 Å². The highest BCUT2D eigenvalue weighted by Gasteiger charge is 2.34. The van der Waals surface area contributed by atoms with Crippen LogP contribution >= 0.6 is 23.2 Å². The average Bonchev–Trinajstić information content (AvgIpc) is 3.03. The number of halogens is 3. The lowest BCUT2D eigenvalue weighted by Gasteiger charge is -2.34. The van der Waals surface area contributed by atoms with Crippen molar-refractivity contribution < 1.29 is 22.4 Å². The van der Waals surface area contributed by atoms with Crippen molar-refractivity contribution in [2.75, 3.05) is 17.4 Å². The Kier molecular flexibility index (Phi) is 11.6. The molecule has 0 aliphatic heterocycles. The monoisotopic (exact) mass is 669 g/mol. The Hall–Kier alpha value is -3.92. The molecule has 4 aromatic rings. The summed E-state index contributed by atoms with van der Waals surface area (Å²) in [4.78, 5) is 29.4. The van der Waals surface area contributed by atoms with Gasteiger partial charge in [0.15, 0.2) is 0 Å². The van der Waals surface area contributed by atoms with Crippen molar-refractivity contribution in [3.63, 3.8) is 0 Å². The van der Waals surface area contributed by atoms with Crippen LogP contribution in [0.1, 0.15) is 30.0 Å². The summed E-state index contributed by atoms with van der Waals surface area (Å²) in [6.07, 6.45) is 0.850. The van der Waals surface area contributed by atoms with Gasteiger partial charge in [-0.2, -0.15) is 0 Å². The van der Waals surface area contributed by atoms with Crippen LogP contribution in [0.25, 0.3) is 0 Å². The minimum absolute atomic E-state index is 0.0391. The summed E-state index contributed by atoms with van der Waals surface area (Å²) < 4.78 is 42.9. The van der Waals surface area contributed by atoms with Gasteiger partial charge in [-0.25, -0.2) is 12.8 Å². The molecule has 2 amide bonds. The van der Waals surface area contributed by atoms with Crippen LogP contribution in [0.5, 0.6) is 0 Å². The van der Waals surface area contributed by atoms with Gasteiger partial charge in [-0.15, -0.1) is 0 Å². The molecular weight excluding hydrogens is 636 g/mol. The molecule has 0 bridgehead atoms. The molecule has 4 aromatic carbocycles. The van der Waals surface area contributed by atoms with Gasteiger partial charge in [-0.05, 0) is 73.0 Å². The first-order valence-electron chi connectivity index (χ1n) is 14.4. The third-order valence-electron chi connectivity index (χ3n) is 7.16. The number of amides is 2. The third-order valence-corrected chi connectivity index (χ3v) is 9.69. The quantitative estimate of drug-likeness (QED) is 0.170. The van der Waals surface area contributed by atoms with E-state index in [0.717, 1.165) is 27.6 Å². The Morgan fingerprint density at radius 1 is 0.867 bits per heavy atom. The highest BCUT2D eigenvalue weighted by molar-refractivity contribution is 7.92. The van der Waals surface area contributed by atoms with Gasteiger partial charge in [-0.1, -0.05) is 84.2 Å². The molecular formula is C34H34Cl2FN3O4S. The molecule has 0 fully saturated rings. The van der Waals surface area contributed by atoms with Gasteiger partial charge in [0.25, 0.3) is 10.0 Å². The summed E-state index contributed by atoms with van der Waals surface area (Å²) in [5.41, 5.74) is 2.35. The van der Waals surface area contributed by atoms with Gasteiger partial charge < -0.3 is 10.2 Å². The lowest BCUT2D eigenvalue weighted by atomic mass is 10.0. The van der Waals surface area contributed by atoms with E-state index in [1.54, 1.807) is 30.3 Å². The number of sulfonamides is 1. The second-order valence-electron chi connectivity index (χ2n) is 10.6. The van der Waals surface area contributed by atoms with Crippen molar-refractivity contribution in [1.82, 2.24) is 10.2 Å². The fourth-order valence-electron chi connectivity index (χ4n) is 4.73.